The van der Waals surface area contributed by atoms with Crippen molar-refractivity contribution in [2.75, 3.05) is 24.3 Å². The highest BCUT2D eigenvalue weighted by Crippen LogP contribution is 2.15. The van der Waals surface area contributed by atoms with Gasteiger partial charge in [0.15, 0.2) is 0 Å². The van der Waals surface area contributed by atoms with Crippen molar-refractivity contribution in [1.29, 1.82) is 0 Å². The van der Waals surface area contributed by atoms with Gasteiger partial charge in [0, 0.05) is 14.1 Å². The van der Waals surface area contributed by atoms with Gasteiger partial charge in [0.05, 0.1) is 18.9 Å². The van der Waals surface area contributed by atoms with E-state index in [9.17, 15) is 0 Å². The van der Waals surface area contributed by atoms with Gasteiger partial charge in [0.25, 0.3) is 0 Å². The summed E-state index contributed by atoms with van der Waals surface area (Å²) in [6.45, 7) is 2.61. The van der Waals surface area contributed by atoms with Crippen molar-refractivity contribution in [1.82, 2.24) is 9.97 Å². The predicted octanol–water partition coefficient (Wildman–Crippen LogP) is 2.06. The van der Waals surface area contributed by atoms with Crippen molar-refractivity contribution in [3.05, 3.63) is 36.0 Å². The summed E-state index contributed by atoms with van der Waals surface area (Å²) in [4.78, 5) is 10.5. The second kappa shape index (κ2) is 4.86. The van der Waals surface area contributed by atoms with Crippen molar-refractivity contribution in [2.45, 2.75) is 13.5 Å². The SMILES string of the molecule is CNc1cncc(N(C)Cc2ccc(C)o2)n1. The molecular weight excluding hydrogens is 216 g/mol. The van der Waals surface area contributed by atoms with E-state index < -0.39 is 0 Å². The largest absolute Gasteiger partial charge is 0.464 e. The van der Waals surface area contributed by atoms with Gasteiger partial charge in [0.2, 0.25) is 0 Å². The third-order valence-corrected chi connectivity index (χ3v) is 2.46. The van der Waals surface area contributed by atoms with Crippen LogP contribution in [0.4, 0.5) is 11.6 Å². The van der Waals surface area contributed by atoms with Crippen LogP contribution >= 0.6 is 0 Å². The molecule has 0 fully saturated rings. The predicted molar refractivity (Wildman–Crippen MR) is 67.1 cm³/mol. The molecule has 0 aliphatic rings. The number of anilines is 2. The summed E-state index contributed by atoms with van der Waals surface area (Å²) >= 11 is 0. The standard InChI is InChI=1S/C12H16N4O/c1-9-4-5-10(17-9)8-16(3)12-7-14-6-11(13-2)15-12/h4-7H,8H2,1-3H3,(H,13,15). The van der Waals surface area contributed by atoms with Crippen LogP contribution in [0.1, 0.15) is 11.5 Å². The molecule has 0 bridgehead atoms. The number of rotatable bonds is 4. The highest BCUT2D eigenvalue weighted by Gasteiger charge is 2.07. The molecule has 2 aromatic rings. The Morgan fingerprint density at radius 2 is 2.18 bits per heavy atom. The molecule has 0 radical (unpaired) electrons. The second-order valence-corrected chi connectivity index (χ2v) is 3.88. The van der Waals surface area contributed by atoms with Crippen molar-refractivity contribution in [2.24, 2.45) is 0 Å². The van der Waals surface area contributed by atoms with Crippen LogP contribution in [0.5, 0.6) is 0 Å². The Labute approximate surface area is 100 Å². The number of furan rings is 1. The lowest BCUT2D eigenvalue weighted by atomic mass is 10.4. The Hall–Kier alpha value is -2.04. The second-order valence-electron chi connectivity index (χ2n) is 3.88. The summed E-state index contributed by atoms with van der Waals surface area (Å²) in [5.74, 6) is 3.40. The normalized spacial score (nSPS) is 10.3. The summed E-state index contributed by atoms with van der Waals surface area (Å²) in [6, 6.07) is 3.93. The maximum atomic E-state index is 5.53. The molecule has 2 heterocycles. The van der Waals surface area contributed by atoms with E-state index in [0.717, 1.165) is 23.2 Å². The third kappa shape index (κ3) is 2.75. The molecule has 0 unspecified atom stereocenters. The van der Waals surface area contributed by atoms with E-state index in [-0.39, 0.29) is 0 Å². The molecular formula is C12H16N4O. The third-order valence-electron chi connectivity index (χ3n) is 2.46. The summed E-state index contributed by atoms with van der Waals surface area (Å²) in [7, 11) is 3.78. The summed E-state index contributed by atoms with van der Waals surface area (Å²) in [5.41, 5.74) is 0. The number of hydrogen-bond donors (Lipinski definition) is 1. The smallest absolute Gasteiger partial charge is 0.149 e. The Balaban J connectivity index is 2.11. The highest BCUT2D eigenvalue weighted by molar-refractivity contribution is 5.42. The fourth-order valence-corrected chi connectivity index (χ4v) is 1.54. The van der Waals surface area contributed by atoms with Crippen molar-refractivity contribution in [3.8, 4) is 0 Å². The van der Waals surface area contributed by atoms with Crippen molar-refractivity contribution >= 4 is 11.6 Å². The average Bonchev–Trinajstić information content (AvgIpc) is 2.75. The number of hydrogen-bond acceptors (Lipinski definition) is 5. The highest BCUT2D eigenvalue weighted by atomic mass is 16.3. The van der Waals surface area contributed by atoms with Gasteiger partial charge in [-0.3, -0.25) is 4.98 Å². The molecule has 5 heteroatoms. The topological polar surface area (TPSA) is 54.2 Å². The molecule has 2 aromatic heterocycles. The molecule has 17 heavy (non-hydrogen) atoms. The molecule has 2 rings (SSSR count). The van der Waals surface area contributed by atoms with Crippen LogP contribution in [0.15, 0.2) is 28.9 Å². The maximum absolute atomic E-state index is 5.53. The number of aryl methyl sites for hydroxylation is 1. The first-order chi connectivity index (χ1) is 8.19. The van der Waals surface area contributed by atoms with Crippen molar-refractivity contribution < 1.29 is 4.42 Å². The zero-order valence-corrected chi connectivity index (χ0v) is 10.3. The van der Waals surface area contributed by atoms with E-state index in [4.69, 9.17) is 4.42 Å². The molecule has 0 atom stereocenters. The summed E-state index contributed by atoms with van der Waals surface area (Å²) in [5, 5.41) is 2.97. The van der Waals surface area contributed by atoms with E-state index in [1.807, 2.05) is 38.1 Å². The van der Waals surface area contributed by atoms with Crippen LogP contribution in [-0.2, 0) is 6.54 Å². The quantitative estimate of drug-likeness (QED) is 0.874. The maximum Gasteiger partial charge on any atom is 0.149 e. The molecule has 0 saturated carbocycles. The monoisotopic (exact) mass is 232 g/mol. The van der Waals surface area contributed by atoms with Gasteiger partial charge in [-0.25, -0.2) is 4.98 Å². The first kappa shape index (κ1) is 11.4. The summed E-state index contributed by atoms with van der Waals surface area (Å²) in [6.07, 6.45) is 3.42. The van der Waals surface area contributed by atoms with Crippen molar-refractivity contribution in [3.63, 3.8) is 0 Å². The van der Waals surface area contributed by atoms with Crippen LogP contribution in [0.2, 0.25) is 0 Å². The van der Waals surface area contributed by atoms with Gasteiger partial charge in [-0.1, -0.05) is 0 Å². The first-order valence-corrected chi connectivity index (χ1v) is 5.45. The lowest BCUT2D eigenvalue weighted by Gasteiger charge is -2.16. The molecule has 0 aliphatic heterocycles. The fourth-order valence-electron chi connectivity index (χ4n) is 1.54. The lowest BCUT2D eigenvalue weighted by Crippen LogP contribution is -2.17. The van der Waals surface area contributed by atoms with Gasteiger partial charge in [-0.05, 0) is 19.1 Å². The van der Waals surface area contributed by atoms with E-state index in [2.05, 4.69) is 15.3 Å². The number of aromatic nitrogens is 2. The van der Waals surface area contributed by atoms with E-state index >= 15 is 0 Å². The molecule has 0 aromatic carbocycles. The van der Waals surface area contributed by atoms with Gasteiger partial charge in [-0.2, -0.15) is 0 Å². The van der Waals surface area contributed by atoms with Gasteiger partial charge < -0.3 is 14.6 Å². The zero-order valence-electron chi connectivity index (χ0n) is 10.3. The molecule has 0 saturated heterocycles. The Morgan fingerprint density at radius 1 is 1.35 bits per heavy atom. The zero-order chi connectivity index (χ0) is 12.3. The van der Waals surface area contributed by atoms with Crippen LogP contribution in [-0.4, -0.2) is 24.1 Å². The number of nitrogens with zero attached hydrogens (tertiary/aromatic N) is 3. The van der Waals surface area contributed by atoms with E-state index in [1.165, 1.54) is 0 Å². The van der Waals surface area contributed by atoms with Crippen LogP contribution in [0, 0.1) is 6.92 Å². The van der Waals surface area contributed by atoms with E-state index in [1.54, 1.807) is 12.4 Å². The Kier molecular flexibility index (Phi) is 3.27. The molecule has 0 aliphatic carbocycles. The lowest BCUT2D eigenvalue weighted by molar-refractivity contribution is 0.481. The van der Waals surface area contributed by atoms with E-state index in [0.29, 0.717) is 6.54 Å². The Morgan fingerprint density at radius 3 is 2.82 bits per heavy atom. The molecule has 0 amide bonds. The van der Waals surface area contributed by atoms with Crippen LogP contribution in [0.3, 0.4) is 0 Å². The minimum absolute atomic E-state index is 0.676. The molecule has 0 spiro atoms. The first-order valence-electron chi connectivity index (χ1n) is 5.45. The van der Waals surface area contributed by atoms with Crippen LogP contribution < -0.4 is 10.2 Å². The van der Waals surface area contributed by atoms with Gasteiger partial charge in [0.1, 0.15) is 23.2 Å². The molecule has 1 N–H and O–H groups in total. The fraction of sp³-hybridized carbons (Fsp3) is 0.333. The minimum Gasteiger partial charge on any atom is -0.464 e. The summed E-state index contributed by atoms with van der Waals surface area (Å²) < 4.78 is 5.53. The minimum atomic E-state index is 0.676. The Bertz CT molecular complexity index is 495. The molecule has 5 nitrogen and oxygen atoms in total. The van der Waals surface area contributed by atoms with Gasteiger partial charge in [-0.15, -0.1) is 0 Å². The number of nitrogens with one attached hydrogen (secondary N) is 1. The molecule has 90 valence electrons. The average molecular weight is 232 g/mol. The van der Waals surface area contributed by atoms with Crippen LogP contribution in [0.25, 0.3) is 0 Å². The van der Waals surface area contributed by atoms with Gasteiger partial charge >= 0.3 is 0 Å².